The van der Waals surface area contributed by atoms with Gasteiger partial charge in [-0.05, 0) is 91.3 Å². The molecule has 34 heavy (non-hydrogen) atoms. The molecule has 12 atom stereocenters. The van der Waals surface area contributed by atoms with Gasteiger partial charge < -0.3 is 14.2 Å². The zero-order valence-electron chi connectivity index (χ0n) is 21.8. The van der Waals surface area contributed by atoms with Crippen LogP contribution in [-0.4, -0.2) is 36.4 Å². The molecule has 0 bridgehead atoms. The van der Waals surface area contributed by atoms with Crippen molar-refractivity contribution in [3.8, 4) is 0 Å². The molecule has 1 spiro atoms. The van der Waals surface area contributed by atoms with Crippen LogP contribution in [0.5, 0.6) is 0 Å². The molecule has 6 fully saturated rings. The van der Waals surface area contributed by atoms with E-state index in [4.69, 9.17) is 14.2 Å². The Morgan fingerprint density at radius 1 is 1.03 bits per heavy atom. The second-order valence-corrected chi connectivity index (χ2v) is 13.6. The fraction of sp³-hybridized carbons (Fsp3) is 0.931. The molecule has 0 amide bonds. The molecule has 2 aliphatic heterocycles. The molecule has 6 aliphatic rings. The third-order valence-electron chi connectivity index (χ3n) is 12.1. The summed E-state index contributed by atoms with van der Waals surface area (Å²) in [7, 11) is 0. The van der Waals surface area contributed by atoms with Crippen LogP contribution in [0.2, 0.25) is 0 Å². The Kier molecular flexibility index (Phi) is 5.37. The van der Waals surface area contributed by atoms with Gasteiger partial charge in [0.1, 0.15) is 0 Å². The van der Waals surface area contributed by atoms with E-state index in [1.54, 1.807) is 0 Å². The molecule has 0 aromatic heterocycles. The molecule has 0 N–H and O–H groups in total. The lowest BCUT2D eigenvalue weighted by molar-refractivity contribution is -0.273. The van der Waals surface area contributed by atoms with E-state index in [1.165, 1.54) is 39.0 Å². The second kappa shape index (κ2) is 7.78. The molecule has 5 nitrogen and oxygen atoms in total. The van der Waals surface area contributed by atoms with E-state index in [1.807, 2.05) is 0 Å². The molecule has 190 valence electrons. The standard InChI is InChI=1S/C29H44O5/c1-16-8-11-29(32-15-16)17(2)26-24(34-29)13-22-20-7-6-19-12-23(31)25(33-18(3)30)14-28(19,5)21(20)9-10-27(22,26)4/h16-17,19-22,24-26H,6-15H2,1-5H3/t16-,17+,19+,20-,21+,22+,24+,25-,26+,27+,28+,29-/m1/s1. The average molecular weight is 473 g/mol. The normalized spacial score (nSPS) is 56.4. The van der Waals surface area contributed by atoms with Crippen molar-refractivity contribution < 1.29 is 23.8 Å². The van der Waals surface area contributed by atoms with Crippen LogP contribution in [0.4, 0.5) is 0 Å². The number of carbonyl (C=O) groups is 2. The molecule has 4 aliphatic carbocycles. The van der Waals surface area contributed by atoms with Crippen molar-refractivity contribution in [3.63, 3.8) is 0 Å². The van der Waals surface area contributed by atoms with Crippen molar-refractivity contribution >= 4 is 11.8 Å². The molecule has 5 heteroatoms. The summed E-state index contributed by atoms with van der Waals surface area (Å²) in [5.41, 5.74) is 0.399. The topological polar surface area (TPSA) is 61.8 Å². The van der Waals surface area contributed by atoms with Crippen molar-refractivity contribution in [2.45, 2.75) is 110 Å². The fourth-order valence-corrected chi connectivity index (χ4v) is 10.4. The summed E-state index contributed by atoms with van der Waals surface area (Å²) in [6.07, 6.45) is 9.35. The number of ether oxygens (including phenoxy) is 3. The first-order valence-electron chi connectivity index (χ1n) is 14.1. The summed E-state index contributed by atoms with van der Waals surface area (Å²) < 4.78 is 18.9. The van der Waals surface area contributed by atoms with Gasteiger partial charge >= 0.3 is 5.97 Å². The quantitative estimate of drug-likeness (QED) is 0.469. The van der Waals surface area contributed by atoms with E-state index < -0.39 is 6.10 Å². The van der Waals surface area contributed by atoms with Crippen LogP contribution in [0, 0.1) is 52.3 Å². The predicted molar refractivity (Wildman–Crippen MR) is 128 cm³/mol. The Hall–Kier alpha value is -0.940. The van der Waals surface area contributed by atoms with Gasteiger partial charge in [0.05, 0.1) is 12.7 Å². The Labute approximate surface area is 205 Å². The van der Waals surface area contributed by atoms with E-state index >= 15 is 0 Å². The largest absolute Gasteiger partial charge is 0.455 e. The number of ketones is 1. The van der Waals surface area contributed by atoms with E-state index in [2.05, 4.69) is 27.7 Å². The van der Waals surface area contributed by atoms with Gasteiger partial charge in [-0.2, -0.15) is 0 Å². The van der Waals surface area contributed by atoms with Gasteiger partial charge in [-0.3, -0.25) is 9.59 Å². The molecule has 2 saturated heterocycles. The highest BCUT2D eigenvalue weighted by atomic mass is 16.7. The van der Waals surface area contributed by atoms with E-state index in [0.29, 0.717) is 59.4 Å². The molecule has 0 aromatic carbocycles. The van der Waals surface area contributed by atoms with Gasteiger partial charge in [0, 0.05) is 25.7 Å². The fourth-order valence-electron chi connectivity index (χ4n) is 10.4. The predicted octanol–water partition coefficient (Wildman–Crippen LogP) is 5.54. The number of carbonyl (C=O) groups excluding carboxylic acids is 2. The lowest BCUT2D eigenvalue weighted by Crippen LogP contribution is -2.57. The van der Waals surface area contributed by atoms with E-state index in [9.17, 15) is 9.59 Å². The smallest absolute Gasteiger partial charge is 0.303 e. The van der Waals surface area contributed by atoms with Gasteiger partial charge in [0.25, 0.3) is 0 Å². The Bertz CT molecular complexity index is 861. The number of rotatable bonds is 1. The van der Waals surface area contributed by atoms with Gasteiger partial charge in [0.15, 0.2) is 17.7 Å². The van der Waals surface area contributed by atoms with Crippen LogP contribution in [0.1, 0.15) is 92.4 Å². The summed E-state index contributed by atoms with van der Waals surface area (Å²) in [4.78, 5) is 24.4. The summed E-state index contributed by atoms with van der Waals surface area (Å²) in [5.74, 6) is 3.56. The molecule has 2 heterocycles. The monoisotopic (exact) mass is 472 g/mol. The number of Topliss-reactive ketones (excluding diaryl/α,β-unsaturated/α-hetero) is 1. The lowest BCUT2D eigenvalue weighted by atomic mass is 9.44. The zero-order chi connectivity index (χ0) is 24.0. The maximum absolute atomic E-state index is 12.8. The van der Waals surface area contributed by atoms with Crippen molar-refractivity contribution in [1.29, 1.82) is 0 Å². The number of esters is 1. The molecule has 0 aromatic rings. The van der Waals surface area contributed by atoms with Gasteiger partial charge in [-0.1, -0.05) is 27.7 Å². The van der Waals surface area contributed by atoms with Crippen LogP contribution in [0.15, 0.2) is 0 Å². The number of fused-ring (bicyclic) bond motifs is 7. The second-order valence-electron chi connectivity index (χ2n) is 13.6. The van der Waals surface area contributed by atoms with Gasteiger partial charge in [-0.15, -0.1) is 0 Å². The number of hydrogen-bond donors (Lipinski definition) is 0. The maximum Gasteiger partial charge on any atom is 0.303 e. The molecular formula is C29H44O5. The summed E-state index contributed by atoms with van der Waals surface area (Å²) in [6.45, 7) is 11.9. The summed E-state index contributed by atoms with van der Waals surface area (Å²) in [5, 5.41) is 0. The van der Waals surface area contributed by atoms with Crippen LogP contribution in [0.25, 0.3) is 0 Å². The lowest BCUT2D eigenvalue weighted by Gasteiger charge is -2.61. The molecular weight excluding hydrogens is 428 g/mol. The van der Waals surface area contributed by atoms with Crippen LogP contribution < -0.4 is 0 Å². The third kappa shape index (κ3) is 3.17. The summed E-state index contributed by atoms with van der Waals surface area (Å²) in [6, 6.07) is 0. The van der Waals surface area contributed by atoms with Crippen LogP contribution >= 0.6 is 0 Å². The SMILES string of the molecule is CC(=O)O[C@@H]1C[C@@]2(C)[C@@H](CC[C@@H]3[C@@H]2CC[C@]2(C)[C@@H]4[C@H](C[C@@H]32)O[C@]2(CC[C@@H](C)CO2)[C@H]4C)CC1=O. The first kappa shape index (κ1) is 23.5. The van der Waals surface area contributed by atoms with E-state index in [0.717, 1.165) is 25.9 Å². The highest BCUT2D eigenvalue weighted by Gasteiger charge is 2.69. The Morgan fingerprint density at radius 2 is 1.82 bits per heavy atom. The van der Waals surface area contributed by atoms with Crippen LogP contribution in [0.3, 0.4) is 0 Å². The zero-order valence-corrected chi connectivity index (χ0v) is 21.8. The average Bonchev–Trinajstić information content (AvgIpc) is 3.21. The van der Waals surface area contributed by atoms with Crippen molar-refractivity contribution in [2.24, 2.45) is 52.3 Å². The highest BCUT2D eigenvalue weighted by Crippen LogP contribution is 2.71. The first-order valence-corrected chi connectivity index (χ1v) is 14.1. The number of hydrogen-bond acceptors (Lipinski definition) is 5. The Morgan fingerprint density at radius 3 is 2.53 bits per heavy atom. The minimum absolute atomic E-state index is 0.0896. The minimum Gasteiger partial charge on any atom is -0.455 e. The van der Waals surface area contributed by atoms with Gasteiger partial charge in [0.2, 0.25) is 0 Å². The van der Waals surface area contributed by atoms with Crippen molar-refractivity contribution in [1.82, 2.24) is 0 Å². The highest BCUT2D eigenvalue weighted by molar-refractivity contribution is 5.86. The minimum atomic E-state index is -0.539. The van der Waals surface area contributed by atoms with Gasteiger partial charge in [-0.25, -0.2) is 0 Å². The van der Waals surface area contributed by atoms with Crippen molar-refractivity contribution in [2.75, 3.05) is 6.61 Å². The molecule has 0 unspecified atom stereocenters. The third-order valence-corrected chi connectivity index (χ3v) is 12.1. The van der Waals surface area contributed by atoms with Crippen LogP contribution in [-0.2, 0) is 23.8 Å². The summed E-state index contributed by atoms with van der Waals surface area (Å²) >= 11 is 0. The molecule has 4 saturated carbocycles. The Balaban J connectivity index is 1.25. The maximum atomic E-state index is 12.8. The molecule has 0 radical (unpaired) electrons. The van der Waals surface area contributed by atoms with Crippen molar-refractivity contribution in [3.05, 3.63) is 0 Å². The first-order chi connectivity index (χ1) is 16.1. The molecule has 6 rings (SSSR count). The van der Waals surface area contributed by atoms with E-state index in [-0.39, 0.29) is 23.0 Å².